The van der Waals surface area contributed by atoms with Crippen LogP contribution in [-0.4, -0.2) is 74.1 Å². The van der Waals surface area contributed by atoms with Gasteiger partial charge in [-0.1, -0.05) is 57.0 Å². The maximum atomic E-state index is 5.60. The van der Waals surface area contributed by atoms with E-state index in [0.717, 1.165) is 57.7 Å². The van der Waals surface area contributed by atoms with E-state index in [0.29, 0.717) is 51.4 Å². The zero-order valence-corrected chi connectivity index (χ0v) is 21.0. The average Bonchev–Trinajstić information content (AvgIpc) is 2.86. The standard InChI is InChI=1S/C25H43N7O2/c1-3-5-16-32(17-6-4-2)25-30-23(27-14-12-22-10-8-7-9-11-22)29-24(31-25)28-15-19-34-21-20-33-18-13-26/h7-11H,3-6,12-21,26H2,1-2H3,(H2,27,28,29,30,31). The van der Waals surface area contributed by atoms with E-state index < -0.39 is 0 Å². The lowest BCUT2D eigenvalue weighted by Gasteiger charge is -2.23. The molecule has 190 valence electrons. The number of aromatic nitrogens is 3. The Morgan fingerprint density at radius 1 is 0.794 bits per heavy atom. The summed E-state index contributed by atoms with van der Waals surface area (Å²) in [5.74, 6) is 1.88. The molecular weight excluding hydrogens is 430 g/mol. The second-order valence-corrected chi connectivity index (χ2v) is 8.08. The number of hydrogen-bond acceptors (Lipinski definition) is 9. The molecule has 0 bridgehead atoms. The summed E-state index contributed by atoms with van der Waals surface area (Å²) in [6, 6.07) is 10.4. The van der Waals surface area contributed by atoms with Gasteiger partial charge in [0, 0.05) is 32.7 Å². The molecule has 9 nitrogen and oxygen atoms in total. The van der Waals surface area contributed by atoms with Crippen LogP contribution in [0.4, 0.5) is 17.8 Å². The summed E-state index contributed by atoms with van der Waals surface area (Å²) < 4.78 is 10.9. The molecule has 0 unspecified atom stereocenters. The molecule has 34 heavy (non-hydrogen) atoms. The number of nitrogens with two attached hydrogens (primary N) is 1. The third-order valence-corrected chi connectivity index (χ3v) is 5.17. The summed E-state index contributed by atoms with van der Waals surface area (Å²) in [6.45, 7) is 10.4. The first-order chi connectivity index (χ1) is 16.8. The van der Waals surface area contributed by atoms with Crippen molar-refractivity contribution < 1.29 is 9.47 Å². The number of nitrogens with one attached hydrogen (secondary N) is 2. The van der Waals surface area contributed by atoms with Gasteiger partial charge in [-0.2, -0.15) is 15.0 Å². The van der Waals surface area contributed by atoms with Crippen LogP contribution in [-0.2, 0) is 15.9 Å². The van der Waals surface area contributed by atoms with Crippen LogP contribution in [0, 0.1) is 0 Å². The molecule has 1 heterocycles. The van der Waals surface area contributed by atoms with Gasteiger partial charge >= 0.3 is 0 Å². The van der Waals surface area contributed by atoms with Gasteiger partial charge in [-0.15, -0.1) is 0 Å². The predicted molar refractivity (Wildman–Crippen MR) is 140 cm³/mol. The van der Waals surface area contributed by atoms with E-state index in [-0.39, 0.29) is 0 Å². The largest absolute Gasteiger partial charge is 0.378 e. The van der Waals surface area contributed by atoms with Gasteiger partial charge in [-0.05, 0) is 24.8 Å². The third-order valence-electron chi connectivity index (χ3n) is 5.17. The van der Waals surface area contributed by atoms with E-state index in [1.165, 1.54) is 5.56 Å². The van der Waals surface area contributed by atoms with E-state index in [4.69, 9.17) is 25.2 Å². The lowest BCUT2D eigenvalue weighted by Crippen LogP contribution is -2.28. The molecule has 2 rings (SSSR count). The SMILES string of the molecule is CCCCN(CCCC)c1nc(NCCOCCOCCN)nc(NCCc2ccccc2)n1. The number of nitrogens with zero attached hydrogens (tertiary/aromatic N) is 4. The summed E-state index contributed by atoms with van der Waals surface area (Å²) in [5.41, 5.74) is 6.69. The van der Waals surface area contributed by atoms with Crippen LogP contribution >= 0.6 is 0 Å². The summed E-state index contributed by atoms with van der Waals surface area (Å²) in [5, 5.41) is 6.67. The Labute approximate surface area is 204 Å². The molecule has 0 saturated carbocycles. The molecule has 0 aliphatic heterocycles. The van der Waals surface area contributed by atoms with Crippen LogP contribution < -0.4 is 21.3 Å². The predicted octanol–water partition coefficient (Wildman–Crippen LogP) is 3.34. The van der Waals surface area contributed by atoms with Crippen LogP contribution in [0.5, 0.6) is 0 Å². The number of ether oxygens (including phenoxy) is 2. The first-order valence-corrected chi connectivity index (χ1v) is 12.6. The highest BCUT2D eigenvalue weighted by Gasteiger charge is 2.13. The molecular formula is C25H43N7O2. The van der Waals surface area contributed by atoms with Crippen molar-refractivity contribution >= 4 is 17.8 Å². The van der Waals surface area contributed by atoms with Crippen LogP contribution in [0.1, 0.15) is 45.1 Å². The molecule has 0 spiro atoms. The zero-order valence-electron chi connectivity index (χ0n) is 21.0. The van der Waals surface area contributed by atoms with Crippen LogP contribution in [0.3, 0.4) is 0 Å². The highest BCUT2D eigenvalue weighted by molar-refractivity contribution is 5.44. The Morgan fingerprint density at radius 3 is 2.03 bits per heavy atom. The fourth-order valence-electron chi connectivity index (χ4n) is 3.28. The van der Waals surface area contributed by atoms with Crippen molar-refractivity contribution in [1.29, 1.82) is 0 Å². The highest BCUT2D eigenvalue weighted by Crippen LogP contribution is 2.16. The number of unbranched alkanes of at least 4 members (excludes halogenated alkanes) is 2. The van der Waals surface area contributed by atoms with Gasteiger partial charge in [0.1, 0.15) is 0 Å². The second kappa shape index (κ2) is 17.9. The molecule has 1 aromatic carbocycles. The van der Waals surface area contributed by atoms with Crippen molar-refractivity contribution in [2.24, 2.45) is 5.73 Å². The molecule has 0 amide bonds. The van der Waals surface area contributed by atoms with E-state index >= 15 is 0 Å². The molecule has 0 saturated heterocycles. The lowest BCUT2D eigenvalue weighted by molar-refractivity contribution is 0.0547. The molecule has 9 heteroatoms. The maximum Gasteiger partial charge on any atom is 0.231 e. The van der Waals surface area contributed by atoms with Crippen molar-refractivity contribution in [1.82, 2.24) is 15.0 Å². The Hall–Kier alpha value is -2.49. The van der Waals surface area contributed by atoms with Crippen molar-refractivity contribution in [3.8, 4) is 0 Å². The van der Waals surface area contributed by atoms with Crippen molar-refractivity contribution in [3.05, 3.63) is 35.9 Å². The molecule has 0 atom stereocenters. The number of anilines is 3. The van der Waals surface area contributed by atoms with Crippen LogP contribution in [0.25, 0.3) is 0 Å². The van der Waals surface area contributed by atoms with Crippen LogP contribution in [0.2, 0.25) is 0 Å². The quantitative estimate of drug-likeness (QED) is 0.249. The van der Waals surface area contributed by atoms with Gasteiger partial charge in [-0.25, -0.2) is 0 Å². The smallest absolute Gasteiger partial charge is 0.231 e. The van der Waals surface area contributed by atoms with Gasteiger partial charge < -0.3 is 30.7 Å². The first-order valence-electron chi connectivity index (χ1n) is 12.6. The zero-order chi connectivity index (χ0) is 24.3. The minimum atomic E-state index is 0.526. The van der Waals surface area contributed by atoms with Gasteiger partial charge in [0.05, 0.1) is 26.4 Å². The topological polar surface area (TPSA) is 110 Å². The maximum absolute atomic E-state index is 5.60. The van der Waals surface area contributed by atoms with Gasteiger partial charge in [0.25, 0.3) is 0 Å². The molecule has 2 aromatic rings. The normalized spacial score (nSPS) is 10.9. The fraction of sp³-hybridized carbons (Fsp3) is 0.640. The first kappa shape index (κ1) is 27.8. The Bertz CT molecular complexity index is 756. The van der Waals surface area contributed by atoms with E-state index in [2.05, 4.69) is 58.6 Å². The molecule has 0 aliphatic carbocycles. The number of rotatable bonds is 20. The van der Waals surface area contributed by atoms with Crippen molar-refractivity contribution in [2.45, 2.75) is 46.0 Å². The Balaban J connectivity index is 1.99. The number of hydrogen-bond donors (Lipinski definition) is 3. The minimum Gasteiger partial charge on any atom is -0.378 e. The molecule has 0 fully saturated rings. The van der Waals surface area contributed by atoms with E-state index in [9.17, 15) is 0 Å². The third kappa shape index (κ3) is 11.6. The van der Waals surface area contributed by atoms with Crippen molar-refractivity contribution in [3.63, 3.8) is 0 Å². The van der Waals surface area contributed by atoms with Crippen molar-refractivity contribution in [2.75, 3.05) is 74.7 Å². The Morgan fingerprint density at radius 2 is 1.41 bits per heavy atom. The molecule has 0 radical (unpaired) electrons. The van der Waals surface area contributed by atoms with Crippen LogP contribution in [0.15, 0.2) is 30.3 Å². The monoisotopic (exact) mass is 473 g/mol. The summed E-state index contributed by atoms with van der Waals surface area (Å²) >= 11 is 0. The van der Waals surface area contributed by atoms with Gasteiger partial charge in [0.15, 0.2) is 0 Å². The Kier molecular flexibility index (Phi) is 14.6. The summed E-state index contributed by atoms with van der Waals surface area (Å²) in [6.07, 6.45) is 5.38. The van der Waals surface area contributed by atoms with E-state index in [1.807, 2.05) is 6.07 Å². The van der Waals surface area contributed by atoms with Gasteiger partial charge in [0.2, 0.25) is 17.8 Å². The molecule has 1 aromatic heterocycles. The average molecular weight is 474 g/mol. The molecule has 0 aliphatic rings. The fourth-order valence-corrected chi connectivity index (χ4v) is 3.28. The highest BCUT2D eigenvalue weighted by atomic mass is 16.5. The minimum absolute atomic E-state index is 0.526. The molecule has 4 N–H and O–H groups in total. The lowest BCUT2D eigenvalue weighted by atomic mass is 10.1. The number of benzene rings is 1. The van der Waals surface area contributed by atoms with Gasteiger partial charge in [-0.3, -0.25) is 0 Å². The summed E-state index contributed by atoms with van der Waals surface area (Å²) in [4.78, 5) is 16.3. The summed E-state index contributed by atoms with van der Waals surface area (Å²) in [7, 11) is 0. The van der Waals surface area contributed by atoms with E-state index in [1.54, 1.807) is 0 Å². The second-order valence-electron chi connectivity index (χ2n) is 8.08.